The number of imidazole rings is 1. The molecule has 0 saturated carbocycles. The summed E-state index contributed by atoms with van der Waals surface area (Å²) in [7, 11) is 0. The van der Waals surface area contributed by atoms with Crippen LogP contribution in [0.1, 0.15) is 28.9 Å². The van der Waals surface area contributed by atoms with Crippen molar-refractivity contribution in [3.05, 3.63) is 54.1 Å². The summed E-state index contributed by atoms with van der Waals surface area (Å²) in [5.41, 5.74) is 3.42. The van der Waals surface area contributed by atoms with E-state index in [1.807, 2.05) is 42.2 Å². The molecule has 0 bridgehead atoms. The molecule has 1 aliphatic heterocycles. The van der Waals surface area contributed by atoms with Crippen molar-refractivity contribution in [2.24, 2.45) is 0 Å². The van der Waals surface area contributed by atoms with Crippen LogP contribution in [-0.4, -0.2) is 45.0 Å². The topological polar surface area (TPSA) is 71.1 Å². The number of amides is 1. The fraction of sp³-hybridized carbons (Fsp3) is 0.316. The van der Waals surface area contributed by atoms with Crippen LogP contribution in [0.15, 0.2) is 42.9 Å². The van der Waals surface area contributed by atoms with E-state index in [-0.39, 0.29) is 12.0 Å². The fourth-order valence-electron chi connectivity index (χ4n) is 3.14. The molecule has 0 aliphatic carbocycles. The second-order valence-electron chi connectivity index (χ2n) is 6.38. The van der Waals surface area contributed by atoms with Gasteiger partial charge in [-0.1, -0.05) is 0 Å². The number of aryl methyl sites for hydroxylation is 1. The molecule has 1 fully saturated rings. The number of ether oxygens (including phenoxy) is 1. The van der Waals surface area contributed by atoms with Gasteiger partial charge in [0.15, 0.2) is 0 Å². The molecule has 6 heteroatoms. The Labute approximate surface area is 145 Å². The van der Waals surface area contributed by atoms with Crippen molar-refractivity contribution in [1.82, 2.24) is 19.9 Å². The average molecular weight is 336 g/mol. The Morgan fingerprint density at radius 2 is 2.04 bits per heavy atom. The van der Waals surface area contributed by atoms with E-state index >= 15 is 0 Å². The van der Waals surface area contributed by atoms with E-state index in [1.54, 1.807) is 12.5 Å². The highest BCUT2D eigenvalue weighted by Gasteiger charge is 2.25. The molecule has 1 N–H and O–H groups in total. The number of H-pyrrole nitrogens is 1. The van der Waals surface area contributed by atoms with E-state index in [4.69, 9.17) is 4.74 Å². The van der Waals surface area contributed by atoms with Crippen molar-refractivity contribution in [2.75, 3.05) is 13.1 Å². The van der Waals surface area contributed by atoms with Crippen molar-refractivity contribution in [2.45, 2.75) is 25.9 Å². The molecule has 4 rings (SSSR count). The number of carbonyl (C=O) groups excluding carboxylic acids is 1. The Morgan fingerprint density at radius 3 is 2.80 bits per heavy atom. The number of rotatable bonds is 3. The molecule has 1 amide bonds. The zero-order chi connectivity index (χ0) is 17.2. The minimum atomic E-state index is 0.0620. The number of fused-ring (bicyclic) bond motifs is 1. The molecule has 3 heterocycles. The minimum absolute atomic E-state index is 0.0620. The molecule has 1 aliphatic rings. The average Bonchev–Trinajstić information content (AvgIpc) is 3.11. The first-order valence-electron chi connectivity index (χ1n) is 8.51. The zero-order valence-electron chi connectivity index (χ0n) is 14.1. The number of nitrogens with zero attached hydrogens (tertiary/aromatic N) is 3. The van der Waals surface area contributed by atoms with E-state index in [9.17, 15) is 4.79 Å². The Bertz CT molecular complexity index is 880. The zero-order valence-corrected chi connectivity index (χ0v) is 14.1. The highest BCUT2D eigenvalue weighted by Crippen LogP contribution is 2.21. The Kier molecular flexibility index (Phi) is 4.09. The number of aromatic nitrogens is 3. The van der Waals surface area contributed by atoms with Crippen LogP contribution >= 0.6 is 0 Å². The molecule has 1 saturated heterocycles. The van der Waals surface area contributed by atoms with Gasteiger partial charge in [-0.25, -0.2) is 4.98 Å². The maximum absolute atomic E-state index is 12.7. The van der Waals surface area contributed by atoms with Crippen LogP contribution in [0, 0.1) is 6.92 Å². The van der Waals surface area contributed by atoms with Crippen LogP contribution in [0.5, 0.6) is 5.75 Å². The largest absolute Gasteiger partial charge is 0.489 e. The first-order chi connectivity index (χ1) is 12.2. The monoisotopic (exact) mass is 336 g/mol. The van der Waals surface area contributed by atoms with Gasteiger partial charge in [0.1, 0.15) is 11.9 Å². The molecule has 0 spiro atoms. The highest BCUT2D eigenvalue weighted by molar-refractivity contribution is 5.97. The molecular formula is C19H20N4O2. The lowest BCUT2D eigenvalue weighted by atomic mass is 10.1. The maximum Gasteiger partial charge on any atom is 0.253 e. The van der Waals surface area contributed by atoms with Crippen LogP contribution in [0.2, 0.25) is 0 Å². The van der Waals surface area contributed by atoms with Gasteiger partial charge in [-0.3, -0.25) is 9.78 Å². The molecule has 0 radical (unpaired) electrons. The van der Waals surface area contributed by atoms with Crippen LogP contribution in [0.3, 0.4) is 0 Å². The smallest absolute Gasteiger partial charge is 0.253 e. The van der Waals surface area contributed by atoms with E-state index in [0.717, 1.165) is 35.3 Å². The van der Waals surface area contributed by atoms with Gasteiger partial charge in [0, 0.05) is 37.2 Å². The summed E-state index contributed by atoms with van der Waals surface area (Å²) in [5.74, 6) is 0.854. The molecule has 2 aromatic heterocycles. The van der Waals surface area contributed by atoms with E-state index in [0.29, 0.717) is 18.7 Å². The molecular weight excluding hydrogens is 316 g/mol. The first-order valence-corrected chi connectivity index (χ1v) is 8.51. The van der Waals surface area contributed by atoms with Gasteiger partial charge in [0.25, 0.3) is 5.91 Å². The van der Waals surface area contributed by atoms with Gasteiger partial charge in [0.05, 0.1) is 23.6 Å². The Hall–Kier alpha value is -2.89. The summed E-state index contributed by atoms with van der Waals surface area (Å²) in [4.78, 5) is 26.1. The molecule has 25 heavy (non-hydrogen) atoms. The maximum atomic E-state index is 12.7. The second kappa shape index (κ2) is 6.55. The molecule has 0 atom stereocenters. The molecule has 1 aromatic carbocycles. The van der Waals surface area contributed by atoms with Crippen LogP contribution in [0.4, 0.5) is 0 Å². The third-order valence-corrected chi connectivity index (χ3v) is 4.58. The number of pyridine rings is 1. The molecule has 6 nitrogen and oxygen atoms in total. The molecule has 0 unspecified atom stereocenters. The van der Waals surface area contributed by atoms with Crippen LogP contribution < -0.4 is 4.74 Å². The summed E-state index contributed by atoms with van der Waals surface area (Å²) in [6.45, 7) is 3.35. The van der Waals surface area contributed by atoms with Gasteiger partial charge in [-0.2, -0.15) is 0 Å². The SMILES string of the molecule is Cc1ccc(OC2CCN(C(=O)c3ccc4nc[nH]c4c3)CC2)cn1. The normalized spacial score (nSPS) is 15.5. The van der Waals surface area contributed by atoms with Crippen molar-refractivity contribution in [1.29, 1.82) is 0 Å². The fourth-order valence-corrected chi connectivity index (χ4v) is 3.14. The summed E-state index contributed by atoms with van der Waals surface area (Å²) >= 11 is 0. The van der Waals surface area contributed by atoms with Crippen molar-refractivity contribution >= 4 is 16.9 Å². The lowest BCUT2D eigenvalue weighted by molar-refractivity contribution is 0.0595. The highest BCUT2D eigenvalue weighted by atomic mass is 16.5. The summed E-state index contributed by atoms with van der Waals surface area (Å²) in [5, 5.41) is 0. The second-order valence-corrected chi connectivity index (χ2v) is 6.38. The van der Waals surface area contributed by atoms with Crippen LogP contribution in [0.25, 0.3) is 11.0 Å². The van der Waals surface area contributed by atoms with Gasteiger partial charge < -0.3 is 14.6 Å². The minimum Gasteiger partial charge on any atom is -0.489 e. The summed E-state index contributed by atoms with van der Waals surface area (Å²) in [6, 6.07) is 9.47. The van der Waals surface area contributed by atoms with E-state index in [1.165, 1.54) is 0 Å². The number of nitrogens with one attached hydrogen (secondary N) is 1. The van der Waals surface area contributed by atoms with Gasteiger partial charge in [-0.15, -0.1) is 0 Å². The van der Waals surface area contributed by atoms with E-state index < -0.39 is 0 Å². The predicted octanol–water partition coefficient (Wildman–Crippen LogP) is 2.95. The third-order valence-electron chi connectivity index (χ3n) is 4.58. The summed E-state index contributed by atoms with van der Waals surface area (Å²) in [6.07, 6.45) is 5.18. The van der Waals surface area contributed by atoms with E-state index in [2.05, 4.69) is 15.0 Å². The third kappa shape index (κ3) is 3.33. The number of piperidine rings is 1. The number of carbonyl (C=O) groups is 1. The van der Waals surface area contributed by atoms with Gasteiger partial charge in [0.2, 0.25) is 0 Å². The quantitative estimate of drug-likeness (QED) is 0.798. The number of benzene rings is 1. The number of likely N-dealkylation sites (tertiary alicyclic amines) is 1. The predicted molar refractivity (Wildman–Crippen MR) is 94.6 cm³/mol. The number of hydrogen-bond acceptors (Lipinski definition) is 4. The molecule has 128 valence electrons. The lowest BCUT2D eigenvalue weighted by Crippen LogP contribution is -2.41. The Morgan fingerprint density at radius 1 is 1.20 bits per heavy atom. The lowest BCUT2D eigenvalue weighted by Gasteiger charge is -2.32. The Balaban J connectivity index is 1.37. The molecule has 3 aromatic rings. The van der Waals surface area contributed by atoms with Crippen molar-refractivity contribution in [3.8, 4) is 5.75 Å². The first kappa shape index (κ1) is 15.6. The van der Waals surface area contributed by atoms with Crippen LogP contribution in [-0.2, 0) is 0 Å². The van der Waals surface area contributed by atoms with Crippen molar-refractivity contribution < 1.29 is 9.53 Å². The van der Waals surface area contributed by atoms with Crippen molar-refractivity contribution in [3.63, 3.8) is 0 Å². The van der Waals surface area contributed by atoms with Gasteiger partial charge >= 0.3 is 0 Å². The standard InChI is InChI=1S/C19H20N4O2/c1-13-2-4-16(11-20-13)25-15-6-8-23(9-7-15)19(24)14-3-5-17-18(10-14)22-12-21-17/h2-5,10-12,15H,6-9H2,1H3,(H,21,22). The summed E-state index contributed by atoms with van der Waals surface area (Å²) < 4.78 is 5.98. The number of aromatic amines is 1. The van der Waals surface area contributed by atoms with Gasteiger partial charge in [-0.05, 0) is 37.3 Å². The number of hydrogen-bond donors (Lipinski definition) is 1.